The van der Waals surface area contributed by atoms with Gasteiger partial charge in [0.2, 0.25) is 0 Å². The first-order chi connectivity index (χ1) is 9.49. The summed E-state index contributed by atoms with van der Waals surface area (Å²) in [6, 6.07) is 6.47. The number of halogens is 1. The molecule has 1 saturated heterocycles. The van der Waals surface area contributed by atoms with Crippen LogP contribution in [-0.2, 0) is 4.74 Å². The monoisotopic (exact) mass is 296 g/mol. The zero-order valence-corrected chi connectivity index (χ0v) is 13.4. The van der Waals surface area contributed by atoms with Gasteiger partial charge in [0.05, 0.1) is 5.60 Å². The summed E-state index contributed by atoms with van der Waals surface area (Å²) in [5, 5.41) is 0.812. The number of hydrogen-bond acceptors (Lipinski definition) is 3. The van der Waals surface area contributed by atoms with Crippen LogP contribution in [0.1, 0.15) is 36.9 Å². The second kappa shape index (κ2) is 6.44. The molecule has 0 bridgehead atoms. The summed E-state index contributed by atoms with van der Waals surface area (Å²) in [5.74, 6) is 0. The fraction of sp³-hybridized carbons (Fsp3) is 0.625. The maximum absolute atomic E-state index is 6.25. The Balaban J connectivity index is 2.21. The minimum Gasteiger partial charge on any atom is -0.377 e. The average Bonchev–Trinajstić information content (AvgIpc) is 2.44. The number of hydrogen-bond donors (Lipinski definition) is 1. The lowest BCUT2D eigenvalue weighted by molar-refractivity contribution is -0.0608. The fourth-order valence-electron chi connectivity index (χ4n) is 2.99. The number of likely N-dealkylation sites (tertiary alicyclic amines) is 1. The molecule has 3 nitrogen and oxygen atoms in total. The van der Waals surface area contributed by atoms with Crippen LogP contribution in [0.2, 0.25) is 5.02 Å². The van der Waals surface area contributed by atoms with Crippen LogP contribution in [0.4, 0.5) is 0 Å². The van der Waals surface area contributed by atoms with Crippen molar-refractivity contribution in [1.82, 2.24) is 4.90 Å². The van der Waals surface area contributed by atoms with E-state index in [9.17, 15) is 0 Å². The van der Waals surface area contributed by atoms with E-state index in [0.29, 0.717) is 6.54 Å². The summed E-state index contributed by atoms with van der Waals surface area (Å²) in [6.07, 6.45) is 2.24. The van der Waals surface area contributed by atoms with E-state index in [-0.39, 0.29) is 11.6 Å². The fourth-order valence-corrected chi connectivity index (χ4v) is 3.18. The minimum absolute atomic E-state index is 0.0693. The minimum atomic E-state index is -0.0693. The standard InChI is InChI=1S/C16H25ClN2O/c1-12-5-6-13(9-14(12)17)15(10-18)19-8-4-7-16(2,11-19)20-3/h5-6,9,15H,4,7-8,10-11,18H2,1-3H3. The molecule has 2 rings (SSSR count). The molecule has 2 unspecified atom stereocenters. The van der Waals surface area contributed by atoms with Gasteiger partial charge in [-0.1, -0.05) is 23.7 Å². The molecule has 0 saturated carbocycles. The Morgan fingerprint density at radius 3 is 2.85 bits per heavy atom. The van der Waals surface area contributed by atoms with Crippen molar-refractivity contribution in [3.8, 4) is 0 Å². The quantitative estimate of drug-likeness (QED) is 0.927. The van der Waals surface area contributed by atoms with Crippen molar-refractivity contribution in [2.24, 2.45) is 5.73 Å². The lowest BCUT2D eigenvalue weighted by Gasteiger charge is -2.43. The number of piperidine rings is 1. The van der Waals surface area contributed by atoms with Crippen molar-refractivity contribution in [2.75, 3.05) is 26.7 Å². The van der Waals surface area contributed by atoms with Crippen molar-refractivity contribution in [3.05, 3.63) is 34.3 Å². The Kier molecular flexibility index (Phi) is 5.08. The van der Waals surface area contributed by atoms with Crippen LogP contribution in [0.5, 0.6) is 0 Å². The van der Waals surface area contributed by atoms with Crippen LogP contribution >= 0.6 is 11.6 Å². The maximum atomic E-state index is 6.25. The second-order valence-corrected chi connectivity index (χ2v) is 6.40. The highest BCUT2D eigenvalue weighted by Crippen LogP contribution is 2.31. The van der Waals surface area contributed by atoms with Gasteiger partial charge in [-0.2, -0.15) is 0 Å². The van der Waals surface area contributed by atoms with E-state index < -0.39 is 0 Å². The summed E-state index contributed by atoms with van der Waals surface area (Å²) in [5.41, 5.74) is 8.26. The smallest absolute Gasteiger partial charge is 0.0777 e. The molecule has 2 atom stereocenters. The van der Waals surface area contributed by atoms with Crippen LogP contribution in [0.3, 0.4) is 0 Å². The molecule has 112 valence electrons. The van der Waals surface area contributed by atoms with Crippen molar-refractivity contribution in [3.63, 3.8) is 0 Å². The number of nitrogens with two attached hydrogens (primary N) is 1. The first-order valence-corrected chi connectivity index (χ1v) is 7.62. The predicted octanol–water partition coefficient (Wildman–Crippen LogP) is 3.15. The molecule has 1 aliphatic heterocycles. The highest BCUT2D eigenvalue weighted by molar-refractivity contribution is 6.31. The third-order valence-corrected chi connectivity index (χ3v) is 4.83. The first kappa shape index (κ1) is 15.8. The Morgan fingerprint density at radius 2 is 2.25 bits per heavy atom. The van der Waals surface area contributed by atoms with Crippen molar-refractivity contribution >= 4 is 11.6 Å². The molecule has 0 amide bonds. The molecule has 0 spiro atoms. The SMILES string of the molecule is COC1(C)CCCN(C(CN)c2ccc(C)c(Cl)c2)C1. The summed E-state index contributed by atoms with van der Waals surface area (Å²) >= 11 is 6.25. The highest BCUT2D eigenvalue weighted by atomic mass is 35.5. The lowest BCUT2D eigenvalue weighted by atomic mass is 9.92. The molecule has 1 aliphatic rings. The zero-order valence-electron chi connectivity index (χ0n) is 12.7. The molecular weight excluding hydrogens is 272 g/mol. The predicted molar refractivity (Wildman–Crippen MR) is 84.2 cm³/mol. The van der Waals surface area contributed by atoms with Gasteiger partial charge in [0.15, 0.2) is 0 Å². The van der Waals surface area contributed by atoms with E-state index in [1.807, 2.05) is 13.0 Å². The number of benzene rings is 1. The van der Waals surface area contributed by atoms with Gasteiger partial charge in [0.25, 0.3) is 0 Å². The average molecular weight is 297 g/mol. The number of aryl methyl sites for hydroxylation is 1. The molecule has 20 heavy (non-hydrogen) atoms. The van der Waals surface area contributed by atoms with Crippen LogP contribution < -0.4 is 5.73 Å². The van der Waals surface area contributed by atoms with Gasteiger partial charge in [-0.05, 0) is 50.4 Å². The summed E-state index contributed by atoms with van der Waals surface area (Å²) in [7, 11) is 1.80. The molecule has 1 aromatic rings. The molecule has 0 radical (unpaired) electrons. The molecule has 0 aromatic heterocycles. The molecule has 1 heterocycles. The summed E-state index contributed by atoms with van der Waals surface area (Å²) in [6.45, 7) is 6.77. The number of methoxy groups -OCH3 is 1. The van der Waals surface area contributed by atoms with E-state index in [4.69, 9.17) is 22.1 Å². The Labute approximate surface area is 127 Å². The van der Waals surface area contributed by atoms with Gasteiger partial charge in [-0.25, -0.2) is 0 Å². The third kappa shape index (κ3) is 3.34. The van der Waals surface area contributed by atoms with Crippen molar-refractivity contribution in [1.29, 1.82) is 0 Å². The van der Waals surface area contributed by atoms with E-state index in [1.165, 1.54) is 5.56 Å². The Bertz CT molecular complexity index is 466. The summed E-state index contributed by atoms with van der Waals surface area (Å²) in [4.78, 5) is 2.42. The number of nitrogens with zero attached hydrogens (tertiary/aromatic N) is 1. The second-order valence-electron chi connectivity index (χ2n) is 5.99. The van der Waals surface area contributed by atoms with Gasteiger partial charge < -0.3 is 10.5 Å². The molecule has 4 heteroatoms. The zero-order chi connectivity index (χ0) is 14.8. The third-order valence-electron chi connectivity index (χ3n) is 4.43. The number of rotatable bonds is 4. The first-order valence-electron chi connectivity index (χ1n) is 7.24. The van der Waals surface area contributed by atoms with E-state index >= 15 is 0 Å². The maximum Gasteiger partial charge on any atom is 0.0777 e. The Morgan fingerprint density at radius 1 is 1.50 bits per heavy atom. The highest BCUT2D eigenvalue weighted by Gasteiger charge is 2.34. The van der Waals surface area contributed by atoms with Crippen LogP contribution in [0.15, 0.2) is 18.2 Å². The largest absolute Gasteiger partial charge is 0.377 e. The van der Waals surface area contributed by atoms with Gasteiger partial charge in [-0.3, -0.25) is 4.90 Å². The van der Waals surface area contributed by atoms with Crippen molar-refractivity contribution in [2.45, 2.75) is 38.3 Å². The van der Waals surface area contributed by atoms with Gasteiger partial charge in [0, 0.05) is 31.3 Å². The van der Waals surface area contributed by atoms with Gasteiger partial charge in [0.1, 0.15) is 0 Å². The normalized spacial score (nSPS) is 25.6. The van der Waals surface area contributed by atoms with Crippen molar-refractivity contribution < 1.29 is 4.74 Å². The molecule has 2 N–H and O–H groups in total. The molecule has 0 aliphatic carbocycles. The molecule has 1 aromatic carbocycles. The molecule has 1 fully saturated rings. The van der Waals surface area contributed by atoms with Gasteiger partial charge in [-0.15, -0.1) is 0 Å². The molecular formula is C16H25ClN2O. The lowest BCUT2D eigenvalue weighted by Crippen LogP contribution is -2.49. The Hall–Kier alpha value is -0.610. The number of ether oxygens (including phenoxy) is 1. The van der Waals surface area contributed by atoms with E-state index in [2.05, 4.69) is 24.0 Å². The van der Waals surface area contributed by atoms with Gasteiger partial charge >= 0.3 is 0 Å². The topological polar surface area (TPSA) is 38.5 Å². The van der Waals surface area contributed by atoms with Crippen LogP contribution in [0, 0.1) is 6.92 Å². The van der Waals surface area contributed by atoms with E-state index in [0.717, 1.165) is 36.5 Å². The van der Waals surface area contributed by atoms with E-state index in [1.54, 1.807) is 7.11 Å². The van der Waals surface area contributed by atoms with Crippen LogP contribution in [-0.4, -0.2) is 37.2 Å². The summed E-state index contributed by atoms with van der Waals surface area (Å²) < 4.78 is 5.67. The van der Waals surface area contributed by atoms with Crippen LogP contribution in [0.25, 0.3) is 0 Å².